The molecule has 4 rings (SSSR count). The summed E-state index contributed by atoms with van der Waals surface area (Å²) in [6.07, 6.45) is 0. The maximum Gasteiger partial charge on any atom is 0.284 e. The van der Waals surface area contributed by atoms with Crippen molar-refractivity contribution in [2.24, 2.45) is 0 Å². The van der Waals surface area contributed by atoms with Gasteiger partial charge in [-0.3, -0.25) is 19.7 Å². The van der Waals surface area contributed by atoms with Crippen LogP contribution < -0.4 is 0 Å². The zero-order valence-corrected chi connectivity index (χ0v) is 19.0. The molecule has 3 aromatic carbocycles. The summed E-state index contributed by atoms with van der Waals surface area (Å²) in [6, 6.07) is 21.4. The summed E-state index contributed by atoms with van der Waals surface area (Å²) in [5.41, 5.74) is 1.91. The summed E-state index contributed by atoms with van der Waals surface area (Å²) in [5, 5.41) is 11.7. The van der Waals surface area contributed by atoms with E-state index in [0.717, 1.165) is 10.5 Å². The Morgan fingerprint density at radius 1 is 0.818 bits per heavy atom. The Labute approximate surface area is 196 Å². The Bertz CT molecular complexity index is 1170. The second-order valence-electron chi connectivity index (χ2n) is 7.81. The van der Waals surface area contributed by atoms with Crippen LogP contribution in [0.4, 0.5) is 5.69 Å². The Balaban J connectivity index is 1.45. The van der Waals surface area contributed by atoms with E-state index in [1.54, 1.807) is 34.1 Å². The van der Waals surface area contributed by atoms with Gasteiger partial charge in [0.05, 0.1) is 9.82 Å². The van der Waals surface area contributed by atoms with E-state index < -0.39 is 4.92 Å². The van der Waals surface area contributed by atoms with Crippen molar-refractivity contribution in [3.63, 3.8) is 0 Å². The molecule has 0 spiro atoms. The van der Waals surface area contributed by atoms with Crippen molar-refractivity contribution in [2.45, 2.75) is 16.7 Å². The van der Waals surface area contributed by atoms with E-state index in [-0.39, 0.29) is 23.1 Å². The summed E-state index contributed by atoms with van der Waals surface area (Å²) in [7, 11) is 0. The average molecular weight is 462 g/mol. The van der Waals surface area contributed by atoms with Crippen molar-refractivity contribution >= 4 is 29.3 Å². The summed E-state index contributed by atoms with van der Waals surface area (Å²) in [4.78, 5) is 41.6. The average Bonchev–Trinajstić information content (AvgIpc) is 2.85. The van der Waals surface area contributed by atoms with Gasteiger partial charge < -0.3 is 9.80 Å². The number of benzene rings is 3. The lowest BCUT2D eigenvalue weighted by molar-refractivity contribution is -0.387. The van der Waals surface area contributed by atoms with E-state index in [1.807, 2.05) is 49.4 Å². The number of hydrogen-bond donors (Lipinski definition) is 0. The monoisotopic (exact) mass is 461 g/mol. The van der Waals surface area contributed by atoms with Crippen LogP contribution in [0, 0.1) is 17.0 Å². The number of carbonyl (C=O) groups excluding carboxylic acids is 2. The van der Waals surface area contributed by atoms with E-state index in [2.05, 4.69) is 0 Å². The minimum atomic E-state index is -0.455. The normalized spacial score (nSPS) is 13.6. The SMILES string of the molecule is Cc1ccc(Sc2ccc(C(=O)N3CCN(C(=O)c4ccccc4)CC3)cc2[N+](=O)[O-])cc1. The van der Waals surface area contributed by atoms with Crippen LogP contribution >= 0.6 is 11.8 Å². The fourth-order valence-electron chi connectivity index (χ4n) is 3.67. The van der Waals surface area contributed by atoms with Crippen molar-refractivity contribution in [3.8, 4) is 0 Å². The molecule has 1 aliphatic rings. The van der Waals surface area contributed by atoms with E-state index in [0.29, 0.717) is 36.6 Å². The van der Waals surface area contributed by atoms with Gasteiger partial charge in [0, 0.05) is 48.3 Å². The van der Waals surface area contributed by atoms with Gasteiger partial charge in [-0.2, -0.15) is 0 Å². The van der Waals surface area contributed by atoms with Gasteiger partial charge in [0.2, 0.25) is 0 Å². The highest BCUT2D eigenvalue weighted by molar-refractivity contribution is 7.99. The van der Waals surface area contributed by atoms with Crippen LogP contribution in [0.1, 0.15) is 26.3 Å². The van der Waals surface area contributed by atoms with Gasteiger partial charge in [-0.05, 0) is 43.3 Å². The first kappa shape index (κ1) is 22.5. The molecule has 0 unspecified atom stereocenters. The number of amides is 2. The molecular weight excluding hydrogens is 438 g/mol. The van der Waals surface area contributed by atoms with Crippen molar-refractivity contribution in [2.75, 3.05) is 26.2 Å². The lowest BCUT2D eigenvalue weighted by Crippen LogP contribution is -2.50. The van der Waals surface area contributed by atoms with Crippen molar-refractivity contribution in [3.05, 3.63) is 99.6 Å². The number of carbonyl (C=O) groups is 2. The molecule has 0 saturated carbocycles. The summed E-state index contributed by atoms with van der Waals surface area (Å²) in [5.74, 6) is -0.326. The highest BCUT2D eigenvalue weighted by atomic mass is 32.2. The van der Waals surface area contributed by atoms with Gasteiger partial charge in [0.25, 0.3) is 17.5 Å². The van der Waals surface area contributed by atoms with Crippen LogP contribution in [0.25, 0.3) is 0 Å². The van der Waals surface area contributed by atoms with Crippen LogP contribution in [0.3, 0.4) is 0 Å². The van der Waals surface area contributed by atoms with Gasteiger partial charge in [0.15, 0.2) is 0 Å². The van der Waals surface area contributed by atoms with Gasteiger partial charge in [-0.15, -0.1) is 0 Å². The lowest BCUT2D eigenvalue weighted by Gasteiger charge is -2.34. The molecule has 1 heterocycles. The third kappa shape index (κ3) is 5.23. The van der Waals surface area contributed by atoms with Gasteiger partial charge >= 0.3 is 0 Å². The standard InChI is InChI=1S/C25H23N3O4S/c1-18-7-10-21(11-8-18)33-23-12-9-20(17-22(23)28(31)32)25(30)27-15-13-26(14-16-27)24(29)19-5-3-2-4-6-19/h2-12,17H,13-16H2,1H3. The number of hydrogen-bond acceptors (Lipinski definition) is 5. The molecule has 3 aromatic rings. The summed E-state index contributed by atoms with van der Waals surface area (Å²) < 4.78 is 0. The second kappa shape index (κ2) is 9.87. The maximum absolute atomic E-state index is 13.0. The van der Waals surface area contributed by atoms with E-state index in [1.165, 1.54) is 17.8 Å². The minimum Gasteiger partial charge on any atom is -0.335 e. The first-order valence-corrected chi connectivity index (χ1v) is 11.4. The molecule has 1 fully saturated rings. The molecule has 0 bridgehead atoms. The Kier molecular flexibility index (Phi) is 6.74. The first-order chi connectivity index (χ1) is 15.9. The molecule has 0 N–H and O–H groups in total. The number of rotatable bonds is 5. The third-order valence-corrected chi connectivity index (χ3v) is 6.60. The number of piperazine rings is 1. The third-order valence-electron chi connectivity index (χ3n) is 5.53. The van der Waals surface area contributed by atoms with Gasteiger partial charge in [-0.25, -0.2) is 0 Å². The van der Waals surface area contributed by atoms with Crippen molar-refractivity contribution < 1.29 is 14.5 Å². The summed E-state index contributed by atoms with van der Waals surface area (Å²) in [6.45, 7) is 3.58. The Morgan fingerprint density at radius 3 is 1.97 bits per heavy atom. The second-order valence-corrected chi connectivity index (χ2v) is 8.92. The predicted molar refractivity (Wildman–Crippen MR) is 127 cm³/mol. The van der Waals surface area contributed by atoms with Crippen LogP contribution in [0.2, 0.25) is 0 Å². The number of nitro groups is 1. The molecule has 8 heteroatoms. The van der Waals surface area contributed by atoms with Crippen LogP contribution in [-0.2, 0) is 0 Å². The van der Waals surface area contributed by atoms with Crippen LogP contribution in [0.5, 0.6) is 0 Å². The maximum atomic E-state index is 13.0. The fraction of sp³-hybridized carbons (Fsp3) is 0.200. The molecule has 0 radical (unpaired) electrons. The molecule has 33 heavy (non-hydrogen) atoms. The van der Waals surface area contributed by atoms with E-state index >= 15 is 0 Å². The van der Waals surface area contributed by atoms with E-state index in [4.69, 9.17) is 0 Å². The highest BCUT2D eigenvalue weighted by Crippen LogP contribution is 2.35. The molecule has 1 saturated heterocycles. The van der Waals surface area contributed by atoms with Crippen molar-refractivity contribution in [1.82, 2.24) is 9.80 Å². The predicted octanol–water partition coefficient (Wildman–Crippen LogP) is 4.65. The molecule has 1 aliphatic heterocycles. The Hall–Kier alpha value is -3.65. The lowest BCUT2D eigenvalue weighted by atomic mass is 10.1. The molecule has 0 atom stereocenters. The molecule has 7 nitrogen and oxygen atoms in total. The largest absolute Gasteiger partial charge is 0.335 e. The zero-order valence-electron chi connectivity index (χ0n) is 18.1. The van der Waals surface area contributed by atoms with Crippen molar-refractivity contribution in [1.29, 1.82) is 0 Å². The molecule has 2 amide bonds. The number of aryl methyl sites for hydroxylation is 1. The Morgan fingerprint density at radius 2 is 1.39 bits per heavy atom. The topological polar surface area (TPSA) is 83.8 Å². The smallest absolute Gasteiger partial charge is 0.284 e. The molecule has 0 aliphatic carbocycles. The highest BCUT2D eigenvalue weighted by Gasteiger charge is 2.27. The van der Waals surface area contributed by atoms with E-state index in [9.17, 15) is 19.7 Å². The van der Waals surface area contributed by atoms with Gasteiger partial charge in [0.1, 0.15) is 0 Å². The number of nitro benzene ring substituents is 1. The van der Waals surface area contributed by atoms with Gasteiger partial charge in [-0.1, -0.05) is 47.7 Å². The fourth-order valence-corrected chi connectivity index (χ4v) is 4.57. The first-order valence-electron chi connectivity index (χ1n) is 10.6. The molecule has 168 valence electrons. The summed E-state index contributed by atoms with van der Waals surface area (Å²) >= 11 is 1.30. The zero-order chi connectivity index (χ0) is 23.4. The number of nitrogens with zero attached hydrogens (tertiary/aromatic N) is 3. The molecular formula is C25H23N3O4S. The molecule has 0 aromatic heterocycles. The minimum absolute atomic E-state index is 0.0594. The van der Waals surface area contributed by atoms with Crippen LogP contribution in [0.15, 0.2) is 82.6 Å². The van der Waals surface area contributed by atoms with Crippen LogP contribution in [-0.4, -0.2) is 52.7 Å². The quantitative estimate of drug-likeness (QED) is 0.408.